The second-order valence-electron chi connectivity index (χ2n) is 9.85. The van der Waals surface area contributed by atoms with Crippen molar-refractivity contribution >= 4 is 29.2 Å². The highest BCUT2D eigenvalue weighted by molar-refractivity contribution is 6.30. The average molecular weight is 570 g/mol. The Morgan fingerprint density at radius 2 is 1.98 bits per heavy atom. The van der Waals surface area contributed by atoms with E-state index in [1.165, 1.54) is 12.1 Å². The minimum absolute atomic E-state index is 0.0182. The molecule has 2 aromatic carbocycles. The predicted molar refractivity (Wildman–Crippen MR) is 150 cm³/mol. The van der Waals surface area contributed by atoms with Crippen molar-refractivity contribution in [3.63, 3.8) is 0 Å². The van der Waals surface area contributed by atoms with Crippen molar-refractivity contribution in [2.24, 2.45) is 0 Å². The van der Waals surface area contributed by atoms with Crippen LogP contribution in [-0.4, -0.2) is 53.3 Å². The molecular weight excluding hydrogens is 537 g/mol. The van der Waals surface area contributed by atoms with Gasteiger partial charge < -0.3 is 26.2 Å². The van der Waals surface area contributed by atoms with Gasteiger partial charge in [0.2, 0.25) is 5.91 Å². The maximum absolute atomic E-state index is 15.1. The number of hydrogen-bond donors (Lipinski definition) is 4. The van der Waals surface area contributed by atoms with Gasteiger partial charge in [-0.15, -0.1) is 0 Å². The number of nitrogen functional groups attached to an aromatic ring is 1. The fraction of sp³-hybridized carbons (Fsp3) is 0.379. The summed E-state index contributed by atoms with van der Waals surface area (Å²) in [5.74, 6) is -1.16. The molecule has 0 spiro atoms. The number of nitrogens with two attached hydrogens (primary N) is 1. The number of hydrogen-bond acceptors (Lipinski definition) is 7. The fourth-order valence-corrected chi connectivity index (χ4v) is 5.09. The lowest BCUT2D eigenvalue weighted by molar-refractivity contribution is -0.122. The number of carbonyl (C=O) groups excluding carboxylic acids is 2. The molecule has 2 amide bonds. The van der Waals surface area contributed by atoms with Crippen LogP contribution < -0.4 is 16.4 Å². The number of aromatic nitrogens is 2. The van der Waals surface area contributed by atoms with E-state index >= 15 is 4.39 Å². The summed E-state index contributed by atoms with van der Waals surface area (Å²) < 4.78 is 20.1. The van der Waals surface area contributed by atoms with Crippen LogP contribution in [0.5, 0.6) is 0 Å². The zero-order chi connectivity index (χ0) is 28.6. The van der Waals surface area contributed by atoms with E-state index in [0.717, 1.165) is 31.4 Å². The molecule has 40 heavy (non-hydrogen) atoms. The van der Waals surface area contributed by atoms with Crippen molar-refractivity contribution < 1.29 is 23.8 Å². The number of anilines is 1. The van der Waals surface area contributed by atoms with Gasteiger partial charge in [-0.25, -0.2) is 14.4 Å². The van der Waals surface area contributed by atoms with Gasteiger partial charge in [0, 0.05) is 36.1 Å². The Bertz CT molecular complexity index is 1350. The van der Waals surface area contributed by atoms with E-state index in [9.17, 15) is 14.7 Å². The topological polar surface area (TPSA) is 139 Å². The molecule has 1 saturated carbocycles. The minimum atomic E-state index is -0.755. The molecular formula is C29H33ClFN5O4. The highest BCUT2D eigenvalue weighted by Crippen LogP contribution is 2.34. The van der Waals surface area contributed by atoms with Gasteiger partial charge in [-0.2, -0.15) is 0 Å². The number of rotatable bonds is 10. The van der Waals surface area contributed by atoms with Crippen LogP contribution in [0.4, 0.5) is 10.2 Å². The lowest BCUT2D eigenvalue weighted by atomic mass is 9.84. The molecule has 1 heterocycles. The van der Waals surface area contributed by atoms with Crippen LogP contribution in [0.25, 0.3) is 11.3 Å². The first kappa shape index (κ1) is 29.4. The number of carbonyl (C=O) groups is 2. The van der Waals surface area contributed by atoms with E-state index in [-0.39, 0.29) is 35.9 Å². The highest BCUT2D eigenvalue weighted by atomic mass is 35.5. The van der Waals surface area contributed by atoms with E-state index in [1.807, 2.05) is 0 Å². The van der Waals surface area contributed by atoms with E-state index in [2.05, 4.69) is 15.6 Å². The van der Waals surface area contributed by atoms with Crippen LogP contribution >= 0.6 is 11.6 Å². The largest absolute Gasteiger partial charge is 0.394 e. The zero-order valence-electron chi connectivity index (χ0n) is 22.2. The Morgan fingerprint density at radius 3 is 2.65 bits per heavy atom. The summed E-state index contributed by atoms with van der Waals surface area (Å²) in [6.07, 6.45) is 5.24. The number of ether oxygens (including phenoxy) is 1. The van der Waals surface area contributed by atoms with Crippen LogP contribution in [0.3, 0.4) is 0 Å². The van der Waals surface area contributed by atoms with Crippen molar-refractivity contribution in [1.29, 1.82) is 0 Å². The van der Waals surface area contributed by atoms with Gasteiger partial charge in [-0.3, -0.25) is 9.59 Å². The second-order valence-corrected chi connectivity index (χ2v) is 10.3. The summed E-state index contributed by atoms with van der Waals surface area (Å²) in [7, 11) is 1.57. The summed E-state index contributed by atoms with van der Waals surface area (Å²) in [6, 6.07) is 10.2. The van der Waals surface area contributed by atoms with Crippen LogP contribution in [0.2, 0.25) is 5.02 Å². The molecule has 1 fully saturated rings. The van der Waals surface area contributed by atoms with Crippen LogP contribution in [0.1, 0.15) is 65.7 Å². The van der Waals surface area contributed by atoms with Crippen molar-refractivity contribution in [2.75, 3.05) is 26.1 Å². The third-order valence-electron chi connectivity index (χ3n) is 7.09. The van der Waals surface area contributed by atoms with E-state index < -0.39 is 17.8 Å². The molecule has 1 aromatic heterocycles. The van der Waals surface area contributed by atoms with Gasteiger partial charge in [0.25, 0.3) is 5.91 Å². The SMILES string of the molecule is COCCC(=O)NC1CCC(c2cnc(N)c(-c3ccc(C(=O)N[C@H](CO)c4cccc(Cl)c4)c(F)c3)n2)CC1. The molecule has 1 atom stereocenters. The molecule has 1 aliphatic rings. The Labute approximate surface area is 237 Å². The zero-order valence-corrected chi connectivity index (χ0v) is 23.0. The number of nitrogens with one attached hydrogen (secondary N) is 2. The number of nitrogens with zero attached hydrogens (tertiary/aromatic N) is 2. The van der Waals surface area contributed by atoms with Gasteiger partial charge in [-0.1, -0.05) is 29.8 Å². The Hall–Kier alpha value is -3.60. The quantitative estimate of drug-likeness (QED) is 0.287. The summed E-state index contributed by atoms with van der Waals surface area (Å²) >= 11 is 6.02. The lowest BCUT2D eigenvalue weighted by Crippen LogP contribution is -2.37. The number of methoxy groups -OCH3 is 1. The molecule has 5 N–H and O–H groups in total. The minimum Gasteiger partial charge on any atom is -0.394 e. The normalized spacial score (nSPS) is 17.7. The lowest BCUT2D eigenvalue weighted by Gasteiger charge is -2.29. The van der Waals surface area contributed by atoms with E-state index in [1.54, 1.807) is 43.6 Å². The first-order valence-corrected chi connectivity index (χ1v) is 13.5. The van der Waals surface area contributed by atoms with Crippen LogP contribution in [0.15, 0.2) is 48.7 Å². The monoisotopic (exact) mass is 569 g/mol. The summed E-state index contributed by atoms with van der Waals surface area (Å²) in [5, 5.41) is 15.9. The Kier molecular flexibility index (Phi) is 10.0. The highest BCUT2D eigenvalue weighted by Gasteiger charge is 2.26. The second kappa shape index (κ2) is 13.6. The van der Waals surface area contributed by atoms with Gasteiger partial charge in [0.1, 0.15) is 17.3 Å². The molecule has 11 heteroatoms. The molecule has 0 radical (unpaired) electrons. The van der Waals surface area contributed by atoms with E-state index in [0.29, 0.717) is 34.9 Å². The maximum Gasteiger partial charge on any atom is 0.254 e. The van der Waals surface area contributed by atoms with Gasteiger partial charge in [-0.05, 0) is 55.5 Å². The molecule has 0 saturated heterocycles. The maximum atomic E-state index is 15.1. The molecule has 0 bridgehead atoms. The first-order valence-electron chi connectivity index (χ1n) is 13.2. The summed E-state index contributed by atoms with van der Waals surface area (Å²) in [5.41, 5.74) is 8.01. The van der Waals surface area contributed by atoms with Crippen molar-refractivity contribution in [1.82, 2.24) is 20.6 Å². The van der Waals surface area contributed by atoms with Crippen molar-refractivity contribution in [3.05, 3.63) is 76.3 Å². The first-order chi connectivity index (χ1) is 19.3. The Morgan fingerprint density at radius 1 is 1.20 bits per heavy atom. The van der Waals surface area contributed by atoms with E-state index in [4.69, 9.17) is 27.1 Å². The Balaban J connectivity index is 1.44. The molecule has 3 aromatic rings. The standard InChI is InChI=1S/C29H33ClFN5O4/c1-40-12-11-26(38)34-21-8-5-17(6-9-21)24-15-33-28(32)27(35-24)19-7-10-22(23(31)14-19)29(39)36-25(16-37)18-3-2-4-20(30)13-18/h2-4,7,10,13-15,17,21,25,37H,5-6,8-9,11-12,16H2,1H3,(H2,32,33)(H,34,38)(H,36,39)/t17?,21?,25-/m1/s1. The number of amides is 2. The molecule has 0 aliphatic heterocycles. The third-order valence-corrected chi connectivity index (χ3v) is 7.32. The number of aliphatic hydroxyl groups excluding tert-OH is 1. The fourth-order valence-electron chi connectivity index (χ4n) is 4.89. The van der Waals surface area contributed by atoms with Crippen LogP contribution in [-0.2, 0) is 9.53 Å². The third kappa shape index (κ3) is 7.32. The molecule has 1 aliphatic carbocycles. The van der Waals surface area contributed by atoms with Gasteiger partial charge in [0.05, 0.1) is 36.7 Å². The van der Waals surface area contributed by atoms with Crippen molar-refractivity contribution in [2.45, 2.75) is 50.1 Å². The van der Waals surface area contributed by atoms with Gasteiger partial charge >= 0.3 is 0 Å². The van der Waals surface area contributed by atoms with Crippen molar-refractivity contribution in [3.8, 4) is 11.3 Å². The number of benzene rings is 2. The summed E-state index contributed by atoms with van der Waals surface area (Å²) in [4.78, 5) is 33.8. The molecule has 0 unspecified atom stereocenters. The van der Waals surface area contributed by atoms with Crippen LogP contribution in [0, 0.1) is 5.82 Å². The smallest absolute Gasteiger partial charge is 0.254 e. The summed E-state index contributed by atoms with van der Waals surface area (Å²) in [6.45, 7) is 0.0101. The van der Waals surface area contributed by atoms with Gasteiger partial charge in [0.15, 0.2) is 0 Å². The predicted octanol–water partition coefficient (Wildman–Crippen LogP) is 4.16. The molecule has 9 nitrogen and oxygen atoms in total. The average Bonchev–Trinajstić information content (AvgIpc) is 2.95. The molecule has 4 rings (SSSR count). The number of aliphatic hydroxyl groups is 1. The molecule has 212 valence electrons. The number of halogens is 2.